The van der Waals surface area contributed by atoms with E-state index in [2.05, 4.69) is 19.2 Å². The fourth-order valence-corrected chi connectivity index (χ4v) is 0.144. The maximum atomic E-state index is 3.69. The molecule has 1 N–H and O–H groups in total. The van der Waals surface area contributed by atoms with E-state index in [1.54, 1.807) is 0 Å². The monoisotopic (exact) mass is 190 g/mol. The molecule has 0 aliphatic rings. The zero-order chi connectivity index (χ0) is 4.99. The summed E-state index contributed by atoms with van der Waals surface area (Å²) >= 11 is 0. The molecule has 8 heavy (non-hydrogen) atoms. The molecule has 0 saturated heterocycles. The van der Waals surface area contributed by atoms with Crippen molar-refractivity contribution in [3.05, 3.63) is 14.4 Å². The predicted molar refractivity (Wildman–Crippen MR) is 34.9 cm³/mol. The van der Waals surface area contributed by atoms with Crippen molar-refractivity contribution in [3.8, 4) is 0 Å². The normalized spacial score (nSPS) is 10.9. The van der Waals surface area contributed by atoms with Gasteiger partial charge in [0.15, 0.2) is 0 Å². The molecule has 0 aliphatic carbocycles. The predicted octanol–water partition coefficient (Wildman–Crippen LogP) is 1.27. The Morgan fingerprint density at radius 2 is 2.00 bits per heavy atom. The van der Waals surface area contributed by atoms with Gasteiger partial charge in [-0.1, -0.05) is 6.92 Å². The second-order valence-electron chi connectivity index (χ2n) is 1.48. The summed E-state index contributed by atoms with van der Waals surface area (Å²) in [6.45, 7) is 5.80. The van der Waals surface area contributed by atoms with E-state index in [0.29, 0.717) is 6.04 Å². The molecule has 1 nitrogen and oxygen atoms in total. The first-order chi connectivity index (χ1) is 2.81. The van der Waals surface area contributed by atoms with Gasteiger partial charge in [-0.2, -0.15) is 6.42 Å². The molecular formula is C6H15NY-2. The average Bonchev–Trinajstić information content (AvgIpc) is 1.65. The molecule has 0 heterocycles. The maximum absolute atomic E-state index is 3.69. The zero-order valence-electron chi connectivity index (χ0n) is 6.07. The Morgan fingerprint density at radius 3 is 2.00 bits per heavy atom. The van der Waals surface area contributed by atoms with E-state index in [0.717, 1.165) is 6.42 Å². The molecule has 0 spiro atoms. The average molecular weight is 190 g/mol. The summed E-state index contributed by atoms with van der Waals surface area (Å²) in [7, 11) is 1.94. The van der Waals surface area contributed by atoms with Crippen molar-refractivity contribution < 1.29 is 32.7 Å². The van der Waals surface area contributed by atoms with Crippen LogP contribution < -0.4 is 5.32 Å². The van der Waals surface area contributed by atoms with Crippen LogP contribution in [0.15, 0.2) is 0 Å². The quantitative estimate of drug-likeness (QED) is 0.646. The minimum absolute atomic E-state index is 0. The van der Waals surface area contributed by atoms with E-state index in [1.165, 1.54) is 0 Å². The number of hydrogen-bond acceptors (Lipinski definition) is 1. The van der Waals surface area contributed by atoms with Gasteiger partial charge in [-0.15, -0.1) is 0 Å². The van der Waals surface area contributed by atoms with Crippen molar-refractivity contribution >= 4 is 0 Å². The Kier molecular flexibility index (Phi) is 21.9. The van der Waals surface area contributed by atoms with Crippen LogP contribution in [0.2, 0.25) is 0 Å². The van der Waals surface area contributed by atoms with Crippen LogP contribution in [-0.4, -0.2) is 13.1 Å². The smallest absolute Gasteiger partial charge is 0 e. The second kappa shape index (κ2) is 10.9. The molecule has 0 fully saturated rings. The van der Waals surface area contributed by atoms with Gasteiger partial charge in [0.1, 0.15) is 0 Å². The molecule has 0 aromatic heterocycles. The molecule has 0 bridgehead atoms. The van der Waals surface area contributed by atoms with Crippen LogP contribution >= 0.6 is 0 Å². The Hall–Kier alpha value is 1.06. The van der Waals surface area contributed by atoms with Crippen LogP contribution in [0, 0.1) is 14.4 Å². The first-order valence-corrected chi connectivity index (χ1v) is 2.27. The van der Waals surface area contributed by atoms with Gasteiger partial charge in [-0.3, -0.25) is 0 Å². The van der Waals surface area contributed by atoms with Crippen molar-refractivity contribution in [1.29, 1.82) is 0 Å². The van der Waals surface area contributed by atoms with Crippen LogP contribution in [0.1, 0.15) is 13.3 Å². The Morgan fingerprint density at radius 1 is 1.62 bits per heavy atom. The molecule has 0 amide bonds. The molecule has 0 rings (SSSR count). The summed E-state index contributed by atoms with van der Waals surface area (Å²) in [4.78, 5) is 0. The minimum Gasteiger partial charge on any atom is -0.358 e. The fourth-order valence-electron chi connectivity index (χ4n) is 0.144. The van der Waals surface area contributed by atoms with Crippen molar-refractivity contribution in [1.82, 2.24) is 5.32 Å². The molecule has 49 valence electrons. The van der Waals surface area contributed by atoms with E-state index >= 15 is 0 Å². The summed E-state index contributed by atoms with van der Waals surface area (Å²) in [5, 5.41) is 3.05. The van der Waals surface area contributed by atoms with Crippen molar-refractivity contribution in [3.63, 3.8) is 0 Å². The molecular weight excluding hydrogens is 175 g/mol. The van der Waals surface area contributed by atoms with Crippen molar-refractivity contribution in [2.24, 2.45) is 0 Å². The maximum Gasteiger partial charge on any atom is 0 e. The molecule has 1 radical (unpaired) electrons. The molecule has 1 unspecified atom stereocenters. The van der Waals surface area contributed by atoms with E-state index in [-0.39, 0.29) is 40.1 Å². The first-order valence-electron chi connectivity index (χ1n) is 2.27. The summed E-state index contributed by atoms with van der Waals surface area (Å²) < 4.78 is 0. The van der Waals surface area contributed by atoms with Gasteiger partial charge >= 0.3 is 0 Å². The summed E-state index contributed by atoms with van der Waals surface area (Å²) in [5.74, 6) is 0. The number of hydrogen-bond donors (Lipinski definition) is 1. The molecule has 0 aromatic carbocycles. The largest absolute Gasteiger partial charge is 0.358 e. The van der Waals surface area contributed by atoms with Crippen LogP contribution in [0.25, 0.3) is 0 Å². The molecule has 2 heteroatoms. The third-order valence-corrected chi connectivity index (χ3v) is 0.926. The summed E-state index contributed by atoms with van der Waals surface area (Å²) in [6, 6.07) is 0.574. The van der Waals surface area contributed by atoms with Gasteiger partial charge in [0, 0.05) is 32.7 Å². The molecule has 0 aromatic rings. The van der Waals surface area contributed by atoms with Gasteiger partial charge in [0.05, 0.1) is 0 Å². The number of nitrogens with one attached hydrogen (secondary N) is 1. The standard InChI is InChI=1S/C5H12N.CH3.Y/c1-4-5(2)6-3;;/h5-6H,1,4H2,2-3H3;1H3;/q2*-1;. The third-order valence-electron chi connectivity index (χ3n) is 0.926. The Labute approximate surface area is 78.5 Å². The van der Waals surface area contributed by atoms with Gasteiger partial charge in [-0.05, 0) is 13.1 Å². The van der Waals surface area contributed by atoms with Crippen LogP contribution in [0.4, 0.5) is 0 Å². The van der Waals surface area contributed by atoms with E-state index in [4.69, 9.17) is 0 Å². The van der Waals surface area contributed by atoms with Crippen LogP contribution in [-0.2, 0) is 32.7 Å². The Balaban J connectivity index is -0.000000125. The van der Waals surface area contributed by atoms with E-state index in [9.17, 15) is 0 Å². The molecule has 0 aliphatic heterocycles. The van der Waals surface area contributed by atoms with Crippen molar-refractivity contribution in [2.45, 2.75) is 19.4 Å². The van der Waals surface area contributed by atoms with Crippen LogP contribution in [0.5, 0.6) is 0 Å². The molecule has 1 atom stereocenters. The van der Waals surface area contributed by atoms with Crippen LogP contribution in [0.3, 0.4) is 0 Å². The second-order valence-corrected chi connectivity index (χ2v) is 1.48. The van der Waals surface area contributed by atoms with E-state index in [1.807, 2.05) is 7.05 Å². The summed E-state index contributed by atoms with van der Waals surface area (Å²) in [6.07, 6.45) is 0.969. The zero-order valence-corrected chi connectivity index (χ0v) is 8.91. The summed E-state index contributed by atoms with van der Waals surface area (Å²) in [5.41, 5.74) is 0. The van der Waals surface area contributed by atoms with E-state index < -0.39 is 0 Å². The SMILES string of the molecule is [CH2-]CC(C)NC.[CH3-].[Y]. The minimum atomic E-state index is 0. The fraction of sp³-hybridized carbons (Fsp3) is 0.667. The van der Waals surface area contributed by atoms with Gasteiger partial charge < -0.3 is 19.7 Å². The van der Waals surface area contributed by atoms with Gasteiger partial charge in [-0.25, -0.2) is 0 Å². The third kappa shape index (κ3) is 10.1. The first kappa shape index (κ1) is 16.0. The van der Waals surface area contributed by atoms with Crippen molar-refractivity contribution in [2.75, 3.05) is 7.05 Å². The van der Waals surface area contributed by atoms with Gasteiger partial charge in [0.25, 0.3) is 0 Å². The molecule has 0 saturated carbocycles. The Bertz CT molecular complexity index is 27.7. The van der Waals surface area contributed by atoms with Gasteiger partial charge in [0.2, 0.25) is 0 Å². The number of rotatable bonds is 2. The topological polar surface area (TPSA) is 12.0 Å².